The Labute approximate surface area is 66.9 Å². The molecule has 0 aromatic rings. The summed E-state index contributed by atoms with van der Waals surface area (Å²) in [6.07, 6.45) is 1.60. The van der Waals surface area contributed by atoms with Crippen molar-refractivity contribution < 1.29 is 4.79 Å². The number of carbonyl (C=O) groups excluding carboxylic acids is 1. The molecule has 0 saturated carbocycles. The van der Waals surface area contributed by atoms with Crippen LogP contribution >= 0.6 is 11.8 Å². The topological polar surface area (TPSA) is 17.1 Å². The van der Waals surface area contributed by atoms with Gasteiger partial charge in [0.05, 0.1) is 0 Å². The first kappa shape index (κ1) is 9.76. The molecule has 0 aliphatic rings. The highest BCUT2D eigenvalue weighted by atomic mass is 32.2. The lowest BCUT2D eigenvalue weighted by molar-refractivity contribution is -0.112. The largest absolute Gasteiger partial charge is 0.295 e. The second-order valence-electron chi connectivity index (χ2n) is 2.64. The van der Waals surface area contributed by atoms with E-state index in [2.05, 4.69) is 13.8 Å². The van der Waals surface area contributed by atoms with Gasteiger partial charge in [0.15, 0.2) is 5.78 Å². The van der Waals surface area contributed by atoms with Crippen molar-refractivity contribution in [3.8, 4) is 0 Å². The van der Waals surface area contributed by atoms with E-state index in [1.54, 1.807) is 24.8 Å². The minimum Gasteiger partial charge on any atom is -0.295 e. The van der Waals surface area contributed by atoms with Gasteiger partial charge in [0, 0.05) is 0 Å². The van der Waals surface area contributed by atoms with Crippen molar-refractivity contribution in [1.82, 2.24) is 0 Å². The monoisotopic (exact) mass is 158 g/mol. The summed E-state index contributed by atoms with van der Waals surface area (Å²) >= 11 is 1.69. The Morgan fingerprint density at radius 3 is 2.60 bits per heavy atom. The molecule has 0 atom stereocenters. The molecule has 0 aliphatic heterocycles. The predicted octanol–water partition coefficient (Wildman–Crippen LogP) is 2.48. The van der Waals surface area contributed by atoms with E-state index in [-0.39, 0.29) is 5.78 Å². The van der Waals surface area contributed by atoms with Crippen LogP contribution in [0.4, 0.5) is 0 Å². The Morgan fingerprint density at radius 2 is 2.20 bits per heavy atom. The summed E-state index contributed by atoms with van der Waals surface area (Å²) < 4.78 is 0. The van der Waals surface area contributed by atoms with Crippen LogP contribution in [0.3, 0.4) is 0 Å². The molecule has 0 radical (unpaired) electrons. The van der Waals surface area contributed by atoms with Crippen molar-refractivity contribution in [2.75, 3.05) is 5.75 Å². The van der Waals surface area contributed by atoms with Crippen LogP contribution in [0.5, 0.6) is 0 Å². The SMILES string of the molecule is CC(=O)/C=C\SCC(C)C. The van der Waals surface area contributed by atoms with E-state index in [0.717, 1.165) is 5.75 Å². The van der Waals surface area contributed by atoms with Gasteiger partial charge in [-0.1, -0.05) is 13.8 Å². The Balaban J connectivity index is 3.27. The number of carbonyl (C=O) groups is 1. The van der Waals surface area contributed by atoms with Crippen LogP contribution < -0.4 is 0 Å². The smallest absolute Gasteiger partial charge is 0.153 e. The minimum absolute atomic E-state index is 0.122. The first-order valence-corrected chi connectivity index (χ1v) is 4.46. The molecule has 0 heterocycles. The van der Waals surface area contributed by atoms with E-state index in [1.165, 1.54) is 0 Å². The third kappa shape index (κ3) is 7.76. The molecule has 0 unspecified atom stereocenters. The molecule has 0 fully saturated rings. The lowest BCUT2D eigenvalue weighted by Crippen LogP contribution is -1.88. The second-order valence-corrected chi connectivity index (χ2v) is 3.58. The van der Waals surface area contributed by atoms with Crippen LogP contribution in [-0.2, 0) is 4.79 Å². The van der Waals surface area contributed by atoms with E-state index in [9.17, 15) is 4.79 Å². The predicted molar refractivity (Wildman–Crippen MR) is 47.1 cm³/mol. The second kappa shape index (κ2) is 5.54. The zero-order valence-corrected chi connectivity index (χ0v) is 7.57. The molecule has 0 amide bonds. The zero-order chi connectivity index (χ0) is 7.98. The van der Waals surface area contributed by atoms with E-state index in [0.29, 0.717) is 5.92 Å². The standard InChI is InChI=1S/C8H14OS/c1-7(2)6-10-5-4-8(3)9/h4-5,7H,6H2,1-3H3/b5-4-. The maximum Gasteiger partial charge on any atom is 0.153 e. The molecule has 0 N–H and O–H groups in total. The highest BCUT2D eigenvalue weighted by Gasteiger charge is 1.89. The summed E-state index contributed by atoms with van der Waals surface area (Å²) in [4.78, 5) is 10.4. The van der Waals surface area contributed by atoms with Crippen LogP contribution in [0.15, 0.2) is 11.5 Å². The molecule has 0 aliphatic carbocycles. The third-order valence-corrected chi connectivity index (χ3v) is 2.02. The van der Waals surface area contributed by atoms with E-state index < -0.39 is 0 Å². The van der Waals surface area contributed by atoms with Gasteiger partial charge in [-0.15, -0.1) is 11.8 Å². The van der Waals surface area contributed by atoms with Gasteiger partial charge in [-0.25, -0.2) is 0 Å². The van der Waals surface area contributed by atoms with Gasteiger partial charge in [-0.2, -0.15) is 0 Å². The Morgan fingerprint density at radius 1 is 1.60 bits per heavy atom. The normalized spacial score (nSPS) is 11.2. The molecule has 0 aromatic carbocycles. The van der Waals surface area contributed by atoms with E-state index in [1.807, 2.05) is 5.41 Å². The molecule has 0 bridgehead atoms. The lowest BCUT2D eigenvalue weighted by Gasteiger charge is -1.97. The number of ketones is 1. The van der Waals surface area contributed by atoms with Crippen molar-refractivity contribution in [2.45, 2.75) is 20.8 Å². The number of hydrogen-bond acceptors (Lipinski definition) is 2. The average Bonchev–Trinajstić information content (AvgIpc) is 1.79. The summed E-state index contributed by atoms with van der Waals surface area (Å²) in [5.41, 5.74) is 0. The van der Waals surface area contributed by atoms with Crippen LogP contribution in [0, 0.1) is 5.92 Å². The molecule has 0 spiro atoms. The van der Waals surface area contributed by atoms with Crippen LogP contribution in [-0.4, -0.2) is 11.5 Å². The quantitative estimate of drug-likeness (QED) is 0.585. The molecule has 10 heavy (non-hydrogen) atoms. The van der Waals surface area contributed by atoms with Gasteiger partial charge in [-0.3, -0.25) is 4.79 Å². The minimum atomic E-state index is 0.122. The van der Waals surface area contributed by atoms with Crippen molar-refractivity contribution in [3.63, 3.8) is 0 Å². The van der Waals surface area contributed by atoms with Crippen LogP contribution in [0.25, 0.3) is 0 Å². The van der Waals surface area contributed by atoms with Gasteiger partial charge >= 0.3 is 0 Å². The summed E-state index contributed by atoms with van der Waals surface area (Å²) in [7, 11) is 0. The van der Waals surface area contributed by atoms with Gasteiger partial charge in [0.1, 0.15) is 0 Å². The molecule has 1 nitrogen and oxygen atoms in total. The molecular formula is C8H14OS. The Hall–Kier alpha value is -0.240. The van der Waals surface area contributed by atoms with Gasteiger partial charge in [-0.05, 0) is 30.1 Å². The first-order chi connectivity index (χ1) is 4.63. The van der Waals surface area contributed by atoms with E-state index in [4.69, 9.17) is 0 Å². The molecule has 0 rings (SSSR count). The maximum atomic E-state index is 10.4. The van der Waals surface area contributed by atoms with Crippen molar-refractivity contribution in [3.05, 3.63) is 11.5 Å². The van der Waals surface area contributed by atoms with Crippen molar-refractivity contribution >= 4 is 17.5 Å². The lowest BCUT2D eigenvalue weighted by atomic mass is 10.3. The summed E-state index contributed by atoms with van der Waals surface area (Å²) in [6, 6.07) is 0. The summed E-state index contributed by atoms with van der Waals surface area (Å²) in [5.74, 6) is 1.90. The first-order valence-electron chi connectivity index (χ1n) is 3.41. The Kier molecular flexibility index (Phi) is 5.40. The molecule has 0 saturated heterocycles. The fraction of sp³-hybridized carbons (Fsp3) is 0.625. The Bertz CT molecular complexity index is 127. The van der Waals surface area contributed by atoms with Gasteiger partial charge < -0.3 is 0 Å². The fourth-order valence-electron chi connectivity index (χ4n) is 0.392. The van der Waals surface area contributed by atoms with E-state index >= 15 is 0 Å². The summed E-state index contributed by atoms with van der Waals surface area (Å²) in [6.45, 7) is 5.88. The fourth-order valence-corrected chi connectivity index (χ4v) is 1.18. The van der Waals surface area contributed by atoms with Gasteiger partial charge in [0.2, 0.25) is 0 Å². The molecule has 58 valence electrons. The van der Waals surface area contributed by atoms with Gasteiger partial charge in [0.25, 0.3) is 0 Å². The summed E-state index contributed by atoms with van der Waals surface area (Å²) in [5, 5.41) is 1.86. The highest BCUT2D eigenvalue weighted by molar-refractivity contribution is 8.02. The number of rotatable bonds is 4. The average molecular weight is 158 g/mol. The number of allylic oxidation sites excluding steroid dienone is 1. The number of hydrogen-bond donors (Lipinski definition) is 0. The number of thioether (sulfide) groups is 1. The molecule has 0 aromatic heterocycles. The maximum absolute atomic E-state index is 10.4. The van der Waals surface area contributed by atoms with Crippen LogP contribution in [0.1, 0.15) is 20.8 Å². The van der Waals surface area contributed by atoms with Crippen molar-refractivity contribution in [1.29, 1.82) is 0 Å². The van der Waals surface area contributed by atoms with Crippen molar-refractivity contribution in [2.24, 2.45) is 5.92 Å². The molecular weight excluding hydrogens is 144 g/mol. The van der Waals surface area contributed by atoms with Crippen LogP contribution in [0.2, 0.25) is 0 Å². The molecule has 2 heteroatoms. The zero-order valence-electron chi connectivity index (χ0n) is 6.76. The highest BCUT2D eigenvalue weighted by Crippen LogP contribution is 2.07. The third-order valence-electron chi connectivity index (χ3n) is 0.829.